The van der Waals surface area contributed by atoms with E-state index < -0.39 is 11.5 Å². The first-order valence-corrected chi connectivity index (χ1v) is 12.6. The van der Waals surface area contributed by atoms with E-state index in [1.165, 1.54) is 0 Å². The Balaban J connectivity index is 1.39. The first-order chi connectivity index (χ1) is 17.5. The Labute approximate surface area is 215 Å². The van der Waals surface area contributed by atoms with Gasteiger partial charge in [-0.05, 0) is 52.2 Å². The standard InChI is InChI=1S/C27H34N4O6/c1-27(2,3)37-26(35)30-14-12-20(13-15-30)36-16-6-8-18-7-5-9-21-23(18)29(4)25(34)31(21)17-19-10-11-22(32)28-24(19)33/h5,7,9,19-20H,10-17H2,1-4H3,(H,28,32,33). The fourth-order valence-corrected chi connectivity index (χ4v) is 4.71. The van der Waals surface area contributed by atoms with Gasteiger partial charge in [0.15, 0.2) is 0 Å². The summed E-state index contributed by atoms with van der Waals surface area (Å²) in [6.07, 6.45) is 1.84. The lowest BCUT2D eigenvalue weighted by Crippen LogP contribution is -2.43. The van der Waals surface area contributed by atoms with Crippen molar-refractivity contribution in [3.05, 3.63) is 34.2 Å². The first kappa shape index (κ1) is 26.5. The number of aryl methyl sites for hydroxylation is 1. The fraction of sp³-hybridized carbons (Fsp3) is 0.556. The molecule has 0 radical (unpaired) electrons. The van der Waals surface area contributed by atoms with E-state index in [2.05, 4.69) is 17.2 Å². The zero-order chi connectivity index (χ0) is 26.7. The molecule has 1 N–H and O–H groups in total. The molecule has 0 spiro atoms. The molecule has 198 valence electrons. The number of ether oxygens (including phenoxy) is 2. The Morgan fingerprint density at radius 2 is 1.86 bits per heavy atom. The van der Waals surface area contributed by atoms with Crippen molar-refractivity contribution in [2.45, 2.75) is 64.7 Å². The van der Waals surface area contributed by atoms with Crippen LogP contribution in [0.2, 0.25) is 0 Å². The number of para-hydroxylation sites is 1. The molecule has 2 aliphatic rings. The average Bonchev–Trinajstić information content (AvgIpc) is 3.08. The number of benzene rings is 1. The van der Waals surface area contributed by atoms with Crippen LogP contribution in [0.4, 0.5) is 4.79 Å². The van der Waals surface area contributed by atoms with Crippen LogP contribution in [-0.4, -0.2) is 63.3 Å². The number of aromatic nitrogens is 2. The molecule has 4 rings (SSSR count). The average molecular weight is 511 g/mol. The predicted octanol–water partition coefficient (Wildman–Crippen LogP) is 2.16. The molecule has 10 heteroatoms. The van der Waals surface area contributed by atoms with E-state index in [1.807, 2.05) is 39.0 Å². The van der Waals surface area contributed by atoms with Crippen molar-refractivity contribution in [2.24, 2.45) is 13.0 Å². The van der Waals surface area contributed by atoms with Crippen molar-refractivity contribution in [2.75, 3.05) is 19.7 Å². The number of fused-ring (bicyclic) bond motifs is 1. The van der Waals surface area contributed by atoms with Crippen molar-refractivity contribution in [3.63, 3.8) is 0 Å². The van der Waals surface area contributed by atoms with Gasteiger partial charge in [-0.1, -0.05) is 17.9 Å². The van der Waals surface area contributed by atoms with Gasteiger partial charge in [0.25, 0.3) is 0 Å². The van der Waals surface area contributed by atoms with Gasteiger partial charge in [-0.25, -0.2) is 9.59 Å². The lowest BCUT2D eigenvalue weighted by atomic mass is 9.98. The highest BCUT2D eigenvalue weighted by Gasteiger charge is 2.29. The lowest BCUT2D eigenvalue weighted by Gasteiger charge is -2.33. The second-order valence-corrected chi connectivity index (χ2v) is 10.6. The van der Waals surface area contributed by atoms with Crippen LogP contribution in [0.25, 0.3) is 11.0 Å². The Morgan fingerprint density at radius 3 is 2.54 bits per heavy atom. The van der Waals surface area contributed by atoms with Gasteiger partial charge in [0.1, 0.15) is 12.2 Å². The van der Waals surface area contributed by atoms with E-state index >= 15 is 0 Å². The normalized spacial score (nSPS) is 18.9. The smallest absolute Gasteiger partial charge is 0.410 e. The van der Waals surface area contributed by atoms with Crippen molar-refractivity contribution in [3.8, 4) is 11.8 Å². The highest BCUT2D eigenvalue weighted by Crippen LogP contribution is 2.21. The monoisotopic (exact) mass is 510 g/mol. The molecule has 0 aliphatic carbocycles. The maximum Gasteiger partial charge on any atom is 0.410 e. The molecular weight excluding hydrogens is 476 g/mol. The Morgan fingerprint density at radius 1 is 1.14 bits per heavy atom. The summed E-state index contributed by atoms with van der Waals surface area (Å²) in [4.78, 5) is 50.6. The minimum atomic E-state index is -0.516. The van der Waals surface area contributed by atoms with Crippen LogP contribution in [0.5, 0.6) is 0 Å². The second-order valence-electron chi connectivity index (χ2n) is 10.6. The largest absolute Gasteiger partial charge is 0.444 e. The first-order valence-electron chi connectivity index (χ1n) is 12.6. The third-order valence-electron chi connectivity index (χ3n) is 6.62. The number of carbonyl (C=O) groups is 3. The SMILES string of the molecule is Cn1c(=O)n(CC2CCC(=O)NC2=O)c2cccc(C#CCOC3CCN(C(=O)OC(C)(C)C)CC3)c21. The van der Waals surface area contributed by atoms with E-state index in [0.717, 1.165) is 0 Å². The number of carbonyl (C=O) groups excluding carboxylic acids is 3. The molecule has 0 saturated carbocycles. The summed E-state index contributed by atoms with van der Waals surface area (Å²) in [7, 11) is 1.69. The summed E-state index contributed by atoms with van der Waals surface area (Å²) in [6, 6.07) is 5.52. The summed E-state index contributed by atoms with van der Waals surface area (Å²) in [5, 5.41) is 2.35. The number of piperidine rings is 2. The highest BCUT2D eigenvalue weighted by molar-refractivity contribution is 5.98. The number of hydrogen-bond acceptors (Lipinski definition) is 6. The fourth-order valence-electron chi connectivity index (χ4n) is 4.71. The third-order valence-corrected chi connectivity index (χ3v) is 6.62. The maximum absolute atomic E-state index is 13.0. The molecule has 1 aromatic heterocycles. The van der Waals surface area contributed by atoms with Gasteiger partial charge in [-0.2, -0.15) is 0 Å². The van der Waals surface area contributed by atoms with Gasteiger partial charge in [-0.15, -0.1) is 0 Å². The minimum absolute atomic E-state index is 0.0164. The van der Waals surface area contributed by atoms with Crippen LogP contribution in [0.15, 0.2) is 23.0 Å². The number of hydrogen-bond donors (Lipinski definition) is 1. The van der Waals surface area contributed by atoms with Crippen LogP contribution < -0.4 is 11.0 Å². The Bertz CT molecular complexity index is 1310. The lowest BCUT2D eigenvalue weighted by molar-refractivity contribution is -0.136. The molecule has 1 aromatic carbocycles. The summed E-state index contributed by atoms with van der Waals surface area (Å²) in [5.74, 6) is 5.12. The minimum Gasteiger partial charge on any atom is -0.444 e. The number of imide groups is 1. The molecular formula is C27H34N4O6. The predicted molar refractivity (Wildman–Crippen MR) is 137 cm³/mol. The van der Waals surface area contributed by atoms with Crippen LogP contribution in [0.3, 0.4) is 0 Å². The van der Waals surface area contributed by atoms with Gasteiger partial charge < -0.3 is 14.4 Å². The van der Waals surface area contributed by atoms with Crippen molar-refractivity contribution in [1.82, 2.24) is 19.4 Å². The number of amides is 3. The van der Waals surface area contributed by atoms with Crippen molar-refractivity contribution >= 4 is 28.9 Å². The molecule has 1 unspecified atom stereocenters. The highest BCUT2D eigenvalue weighted by atomic mass is 16.6. The Kier molecular flexibility index (Phi) is 7.73. The number of nitrogens with zero attached hydrogens (tertiary/aromatic N) is 3. The number of likely N-dealkylation sites (tertiary alicyclic amines) is 1. The van der Waals surface area contributed by atoms with Crippen molar-refractivity contribution in [1.29, 1.82) is 0 Å². The molecule has 10 nitrogen and oxygen atoms in total. The quantitative estimate of drug-likeness (QED) is 0.498. The van der Waals surface area contributed by atoms with E-state index in [-0.39, 0.29) is 49.3 Å². The number of imidazole rings is 1. The zero-order valence-corrected chi connectivity index (χ0v) is 21.8. The van der Waals surface area contributed by atoms with Crippen LogP contribution >= 0.6 is 0 Å². The summed E-state index contributed by atoms with van der Waals surface area (Å²) in [6.45, 7) is 7.15. The maximum atomic E-state index is 13.0. The number of nitrogens with one attached hydrogen (secondary N) is 1. The third kappa shape index (κ3) is 6.23. The summed E-state index contributed by atoms with van der Waals surface area (Å²) in [5.41, 5.74) is 1.33. The Hall–Kier alpha value is -3.58. The zero-order valence-electron chi connectivity index (χ0n) is 21.8. The molecule has 1 atom stereocenters. The van der Waals surface area contributed by atoms with Crippen LogP contribution in [-0.2, 0) is 32.7 Å². The van der Waals surface area contributed by atoms with E-state index in [9.17, 15) is 19.2 Å². The van der Waals surface area contributed by atoms with Crippen LogP contribution in [0.1, 0.15) is 52.0 Å². The molecule has 3 heterocycles. The molecule has 0 bridgehead atoms. The van der Waals surface area contributed by atoms with E-state index in [0.29, 0.717) is 48.9 Å². The van der Waals surface area contributed by atoms with Gasteiger partial charge in [0.2, 0.25) is 11.8 Å². The van der Waals surface area contributed by atoms with Gasteiger partial charge >= 0.3 is 11.8 Å². The number of rotatable bonds is 4. The van der Waals surface area contributed by atoms with Gasteiger partial charge in [-0.3, -0.25) is 24.0 Å². The summed E-state index contributed by atoms with van der Waals surface area (Å²) < 4.78 is 14.5. The van der Waals surface area contributed by atoms with Crippen LogP contribution in [0, 0.1) is 17.8 Å². The van der Waals surface area contributed by atoms with E-state index in [4.69, 9.17) is 9.47 Å². The van der Waals surface area contributed by atoms with Gasteiger partial charge in [0.05, 0.1) is 28.6 Å². The van der Waals surface area contributed by atoms with Crippen molar-refractivity contribution < 1.29 is 23.9 Å². The molecule has 2 aromatic rings. The topological polar surface area (TPSA) is 112 Å². The second kappa shape index (κ2) is 10.8. The molecule has 3 amide bonds. The summed E-state index contributed by atoms with van der Waals surface area (Å²) >= 11 is 0. The molecule has 2 saturated heterocycles. The van der Waals surface area contributed by atoms with Gasteiger partial charge in [0, 0.05) is 33.1 Å². The van der Waals surface area contributed by atoms with E-state index in [1.54, 1.807) is 21.1 Å². The molecule has 37 heavy (non-hydrogen) atoms. The molecule has 2 aliphatic heterocycles. The molecule has 2 fully saturated rings.